The van der Waals surface area contributed by atoms with Crippen molar-refractivity contribution in [3.63, 3.8) is 0 Å². The van der Waals surface area contributed by atoms with E-state index in [-0.39, 0.29) is 23.5 Å². The third-order valence-electron chi connectivity index (χ3n) is 9.16. The molecule has 8 rings (SSSR count). The van der Waals surface area contributed by atoms with Gasteiger partial charge in [0.05, 0.1) is 23.9 Å². The van der Waals surface area contributed by atoms with Crippen molar-refractivity contribution >= 4 is 52.3 Å². The van der Waals surface area contributed by atoms with Crippen LogP contribution in [0.5, 0.6) is 5.75 Å². The van der Waals surface area contributed by atoms with E-state index in [1.165, 1.54) is 25.3 Å². The first-order chi connectivity index (χ1) is 21.6. The van der Waals surface area contributed by atoms with Gasteiger partial charge in [-0.3, -0.25) is 29.4 Å². The fourth-order valence-corrected chi connectivity index (χ4v) is 8.35. The van der Waals surface area contributed by atoms with E-state index in [4.69, 9.17) is 27.9 Å². The minimum Gasteiger partial charge on any atom is -0.497 e. The minimum absolute atomic E-state index is 0.0498. The maximum Gasteiger partial charge on any atom is 0.293 e. The number of alkyl halides is 2. The lowest BCUT2D eigenvalue weighted by molar-refractivity contribution is -0.383. The molecule has 1 N–H and O–H groups in total. The molecule has 0 radical (unpaired) electrons. The van der Waals surface area contributed by atoms with Crippen LogP contribution in [0.3, 0.4) is 0 Å². The van der Waals surface area contributed by atoms with Crippen molar-refractivity contribution < 1.29 is 24.0 Å². The molecule has 4 aliphatic rings. The van der Waals surface area contributed by atoms with Crippen LogP contribution in [0.2, 0.25) is 0 Å². The van der Waals surface area contributed by atoms with Crippen LogP contribution in [0, 0.1) is 22.0 Å². The van der Waals surface area contributed by atoms with Crippen LogP contribution in [-0.4, -0.2) is 40.7 Å². The molecule has 4 aromatic rings. The standard InChI is InChI=1S/C34H25Cl2N3O6/c1-45-20-15-16-26(39(43)44)25(18-20)37-30(40)27(17-19-9-3-2-4-10-19)38-31(41)28-29(32(38)42)34(36)22-12-6-5-11-21(22)33(28,35)23-13-7-8-14-24(23)34/h2-16,18,27-29H,17H2,1H3,(H,37,40)/t27-,28+,29+,33?,34?/m0/s1. The van der Waals surface area contributed by atoms with Gasteiger partial charge in [0.25, 0.3) is 5.69 Å². The van der Waals surface area contributed by atoms with Gasteiger partial charge in [-0.1, -0.05) is 78.9 Å². The SMILES string of the molecule is COc1ccc([N+](=O)[O-])c(NC(=O)[C@H](Cc2ccccc2)N2C(=O)[C@H]3[C@H](C2=O)C2(Cl)c4ccccc4C3(Cl)c3ccccc32)c1. The highest BCUT2D eigenvalue weighted by Crippen LogP contribution is 2.69. The predicted octanol–water partition coefficient (Wildman–Crippen LogP) is 5.75. The number of methoxy groups -OCH3 is 1. The van der Waals surface area contributed by atoms with Crippen LogP contribution in [0.4, 0.5) is 11.4 Å². The summed E-state index contributed by atoms with van der Waals surface area (Å²) in [6, 6.07) is 26.0. The molecule has 3 amide bonds. The van der Waals surface area contributed by atoms with E-state index >= 15 is 0 Å². The van der Waals surface area contributed by atoms with E-state index in [2.05, 4.69) is 5.32 Å². The lowest BCUT2D eigenvalue weighted by Gasteiger charge is -2.54. The van der Waals surface area contributed by atoms with Gasteiger partial charge in [-0.2, -0.15) is 0 Å². The number of hydrogen-bond donors (Lipinski definition) is 1. The van der Waals surface area contributed by atoms with Gasteiger partial charge < -0.3 is 10.1 Å². The Balaban J connectivity index is 1.36. The van der Waals surface area contributed by atoms with E-state index in [0.29, 0.717) is 27.8 Å². The number of nitrogens with one attached hydrogen (secondary N) is 1. The van der Waals surface area contributed by atoms with Gasteiger partial charge in [-0.25, -0.2) is 0 Å². The lowest BCUT2D eigenvalue weighted by Crippen LogP contribution is -2.57. The third kappa shape index (κ3) is 4.04. The van der Waals surface area contributed by atoms with Crippen molar-refractivity contribution in [3.05, 3.63) is 135 Å². The number of imide groups is 1. The van der Waals surface area contributed by atoms with Crippen LogP contribution < -0.4 is 10.1 Å². The highest BCUT2D eigenvalue weighted by Gasteiger charge is 2.73. The molecule has 1 heterocycles. The van der Waals surface area contributed by atoms with Gasteiger partial charge in [-0.05, 0) is 33.9 Å². The third-order valence-corrected chi connectivity index (χ3v) is 10.4. The molecular formula is C34H25Cl2N3O6. The molecule has 3 aliphatic carbocycles. The molecule has 0 unspecified atom stereocenters. The molecule has 0 saturated carbocycles. The number of amides is 3. The molecule has 9 nitrogen and oxygen atoms in total. The van der Waals surface area contributed by atoms with Crippen molar-refractivity contribution in [3.8, 4) is 5.75 Å². The number of ether oxygens (including phenoxy) is 1. The largest absolute Gasteiger partial charge is 0.497 e. The molecule has 2 bridgehead atoms. The molecule has 3 atom stereocenters. The van der Waals surface area contributed by atoms with Gasteiger partial charge in [0.15, 0.2) is 0 Å². The molecule has 226 valence electrons. The summed E-state index contributed by atoms with van der Waals surface area (Å²) in [6.07, 6.45) is -0.0498. The van der Waals surface area contributed by atoms with E-state index in [1.807, 2.05) is 48.5 Å². The number of rotatable bonds is 7. The zero-order chi connectivity index (χ0) is 31.7. The van der Waals surface area contributed by atoms with E-state index < -0.39 is 50.3 Å². The fourth-order valence-electron chi connectivity index (χ4n) is 7.25. The Bertz CT molecular complexity index is 1790. The Morgan fingerprint density at radius 2 is 1.36 bits per heavy atom. The summed E-state index contributed by atoms with van der Waals surface area (Å²) in [5.74, 6) is -3.99. The normalized spacial score (nSPS) is 24.8. The predicted molar refractivity (Wildman–Crippen MR) is 167 cm³/mol. The first kappa shape index (κ1) is 29.0. The van der Waals surface area contributed by atoms with Gasteiger partial charge in [0.2, 0.25) is 17.7 Å². The Morgan fingerprint density at radius 3 is 1.82 bits per heavy atom. The number of nitro benzene ring substituents is 1. The highest BCUT2D eigenvalue weighted by atomic mass is 35.5. The average molecular weight is 642 g/mol. The summed E-state index contributed by atoms with van der Waals surface area (Å²) in [5, 5.41) is 14.4. The lowest BCUT2D eigenvalue weighted by atomic mass is 9.54. The number of hydrogen-bond acceptors (Lipinski definition) is 6. The second-order valence-electron chi connectivity index (χ2n) is 11.4. The first-order valence-corrected chi connectivity index (χ1v) is 15.0. The van der Waals surface area contributed by atoms with Crippen molar-refractivity contribution in [2.45, 2.75) is 22.2 Å². The molecule has 45 heavy (non-hydrogen) atoms. The maximum atomic E-state index is 14.6. The molecule has 0 spiro atoms. The molecule has 1 fully saturated rings. The minimum atomic E-state index is -1.42. The average Bonchev–Trinajstić information content (AvgIpc) is 3.33. The quantitative estimate of drug-likeness (QED) is 0.119. The van der Waals surface area contributed by atoms with Crippen LogP contribution in [0.1, 0.15) is 27.8 Å². The molecule has 1 aliphatic heterocycles. The molecule has 11 heteroatoms. The monoisotopic (exact) mass is 641 g/mol. The molecular weight excluding hydrogens is 617 g/mol. The van der Waals surface area contributed by atoms with Gasteiger partial charge in [0.1, 0.15) is 27.2 Å². The van der Waals surface area contributed by atoms with E-state index in [1.54, 1.807) is 30.3 Å². The van der Waals surface area contributed by atoms with Gasteiger partial charge in [0, 0.05) is 18.6 Å². The number of carbonyl (C=O) groups is 3. The number of benzene rings is 4. The number of halogens is 2. The van der Waals surface area contributed by atoms with Gasteiger partial charge in [-0.15, -0.1) is 23.2 Å². The maximum absolute atomic E-state index is 14.6. The van der Waals surface area contributed by atoms with Crippen molar-refractivity contribution in [2.75, 3.05) is 12.4 Å². The van der Waals surface area contributed by atoms with E-state index in [9.17, 15) is 24.5 Å². The van der Waals surface area contributed by atoms with Crippen molar-refractivity contribution in [1.82, 2.24) is 4.90 Å². The molecule has 4 aromatic carbocycles. The van der Waals surface area contributed by atoms with Crippen LogP contribution in [0.25, 0.3) is 0 Å². The first-order valence-electron chi connectivity index (χ1n) is 14.2. The van der Waals surface area contributed by atoms with Crippen LogP contribution in [0.15, 0.2) is 97.1 Å². The Hall–Kier alpha value is -4.73. The zero-order valence-electron chi connectivity index (χ0n) is 23.8. The summed E-state index contributed by atoms with van der Waals surface area (Å²) in [5.41, 5.74) is 2.71. The number of nitro groups is 1. The summed E-state index contributed by atoms with van der Waals surface area (Å²) < 4.78 is 5.22. The summed E-state index contributed by atoms with van der Waals surface area (Å²) in [6.45, 7) is 0. The Kier molecular flexibility index (Phi) is 6.72. The smallest absolute Gasteiger partial charge is 0.293 e. The Morgan fingerprint density at radius 1 is 0.867 bits per heavy atom. The number of anilines is 1. The number of nitrogens with zero attached hydrogens (tertiary/aromatic N) is 2. The van der Waals surface area contributed by atoms with Crippen molar-refractivity contribution in [1.29, 1.82) is 0 Å². The molecule has 1 saturated heterocycles. The van der Waals surface area contributed by atoms with Gasteiger partial charge >= 0.3 is 0 Å². The van der Waals surface area contributed by atoms with E-state index in [0.717, 1.165) is 4.90 Å². The summed E-state index contributed by atoms with van der Waals surface area (Å²) in [7, 11) is 1.39. The van der Waals surface area contributed by atoms with Crippen LogP contribution in [-0.2, 0) is 30.6 Å². The molecule has 0 aromatic heterocycles. The second-order valence-corrected chi connectivity index (χ2v) is 12.5. The number of likely N-dealkylation sites (tertiary alicyclic amines) is 1. The summed E-state index contributed by atoms with van der Waals surface area (Å²) >= 11 is 15.1. The number of carbonyl (C=O) groups excluding carboxylic acids is 3. The summed E-state index contributed by atoms with van der Waals surface area (Å²) in [4.78, 5) is 52.7. The van der Waals surface area contributed by atoms with Crippen molar-refractivity contribution in [2.24, 2.45) is 11.8 Å². The van der Waals surface area contributed by atoms with Crippen LogP contribution >= 0.6 is 23.2 Å². The highest BCUT2D eigenvalue weighted by molar-refractivity contribution is 6.36. The second kappa shape index (κ2) is 10.4. The Labute approximate surface area is 267 Å². The topological polar surface area (TPSA) is 119 Å². The zero-order valence-corrected chi connectivity index (χ0v) is 25.3. The fraction of sp³-hybridized carbons (Fsp3) is 0.206.